The van der Waals surface area contributed by atoms with Crippen LogP contribution in [0.3, 0.4) is 0 Å². The van der Waals surface area contributed by atoms with Gasteiger partial charge >= 0.3 is 0 Å². The van der Waals surface area contributed by atoms with E-state index in [0.717, 1.165) is 0 Å². The second-order valence-corrected chi connectivity index (χ2v) is 9.81. The van der Waals surface area contributed by atoms with E-state index >= 15 is 0 Å². The number of benzene rings is 1. The highest BCUT2D eigenvalue weighted by molar-refractivity contribution is 7.88. The van der Waals surface area contributed by atoms with Crippen molar-refractivity contribution >= 4 is 33.4 Å². The van der Waals surface area contributed by atoms with Gasteiger partial charge in [0.25, 0.3) is 5.91 Å². The van der Waals surface area contributed by atoms with Crippen LogP contribution < -0.4 is 4.74 Å². The molecule has 10 heteroatoms. The van der Waals surface area contributed by atoms with Gasteiger partial charge in [-0.15, -0.1) is 0 Å². The molecule has 0 bridgehead atoms. The van der Waals surface area contributed by atoms with Crippen LogP contribution in [0.1, 0.15) is 30.1 Å². The van der Waals surface area contributed by atoms with Gasteiger partial charge in [0, 0.05) is 51.8 Å². The number of carbonyl (C=O) groups excluding carboxylic acids is 2. The Balaban J connectivity index is 1.58. The Labute approximate surface area is 176 Å². The molecule has 0 N–H and O–H groups in total. The van der Waals surface area contributed by atoms with Crippen LogP contribution in [-0.2, 0) is 14.8 Å². The summed E-state index contributed by atoms with van der Waals surface area (Å²) in [4.78, 5) is 27.6. The number of nitrogens with zero attached hydrogens (tertiary/aromatic N) is 3. The maximum Gasteiger partial charge on any atom is 0.254 e. The third kappa shape index (κ3) is 5.40. The number of piperidine rings is 1. The lowest BCUT2D eigenvalue weighted by molar-refractivity contribution is -0.130. The molecule has 0 atom stereocenters. The Bertz CT molecular complexity index is 876. The van der Waals surface area contributed by atoms with Gasteiger partial charge in [-0.05, 0) is 31.0 Å². The summed E-state index contributed by atoms with van der Waals surface area (Å²) in [7, 11) is -3.18. The number of hydrogen-bond donors (Lipinski definition) is 0. The second-order valence-electron chi connectivity index (χ2n) is 7.42. The van der Waals surface area contributed by atoms with Gasteiger partial charge in [0.05, 0.1) is 11.3 Å². The molecule has 2 heterocycles. The van der Waals surface area contributed by atoms with Crippen molar-refractivity contribution in [3.63, 3.8) is 0 Å². The molecule has 3 rings (SSSR count). The summed E-state index contributed by atoms with van der Waals surface area (Å²) in [5.74, 6) is 0.384. The highest BCUT2D eigenvalue weighted by Gasteiger charge is 2.27. The van der Waals surface area contributed by atoms with Gasteiger partial charge in [-0.2, -0.15) is 0 Å². The molecule has 8 nitrogen and oxygen atoms in total. The number of hydrogen-bond acceptors (Lipinski definition) is 5. The molecule has 160 valence electrons. The summed E-state index contributed by atoms with van der Waals surface area (Å²) in [5, 5.41) is 0.351. The minimum atomic E-state index is -3.18. The Morgan fingerprint density at radius 1 is 1.03 bits per heavy atom. The van der Waals surface area contributed by atoms with E-state index in [1.807, 2.05) is 0 Å². The molecular formula is C19H26ClN3O5S. The lowest BCUT2D eigenvalue weighted by Crippen LogP contribution is -2.50. The third-order valence-corrected chi connectivity index (χ3v) is 6.95. The van der Waals surface area contributed by atoms with Crippen molar-refractivity contribution in [2.45, 2.75) is 25.9 Å². The first-order chi connectivity index (χ1) is 13.6. The zero-order valence-corrected chi connectivity index (χ0v) is 18.2. The number of amides is 2. The van der Waals surface area contributed by atoms with Crippen LogP contribution in [0.4, 0.5) is 0 Å². The smallest absolute Gasteiger partial charge is 0.254 e. The van der Waals surface area contributed by atoms with Crippen LogP contribution in [0.5, 0.6) is 5.75 Å². The van der Waals surface area contributed by atoms with E-state index in [0.29, 0.717) is 68.4 Å². The maximum absolute atomic E-state index is 12.7. The fraction of sp³-hybridized carbons (Fsp3) is 0.579. The number of sulfonamides is 1. The number of carbonyl (C=O) groups is 2. The summed E-state index contributed by atoms with van der Waals surface area (Å²) in [5.41, 5.74) is 0.477. The van der Waals surface area contributed by atoms with Gasteiger partial charge in [-0.3, -0.25) is 9.59 Å². The first-order valence-electron chi connectivity index (χ1n) is 9.61. The monoisotopic (exact) mass is 443 g/mol. The van der Waals surface area contributed by atoms with Gasteiger partial charge in [-0.1, -0.05) is 11.6 Å². The van der Waals surface area contributed by atoms with E-state index in [-0.39, 0.29) is 17.9 Å². The Morgan fingerprint density at radius 3 is 2.14 bits per heavy atom. The topological polar surface area (TPSA) is 87.2 Å². The van der Waals surface area contributed by atoms with E-state index in [4.69, 9.17) is 16.3 Å². The number of piperazine rings is 1. The van der Waals surface area contributed by atoms with Gasteiger partial charge in [0.2, 0.25) is 15.9 Å². The highest BCUT2D eigenvalue weighted by Crippen LogP contribution is 2.29. The third-order valence-electron chi connectivity index (χ3n) is 5.35. The second kappa shape index (κ2) is 8.89. The molecule has 1 aromatic carbocycles. The number of halogens is 1. The first kappa shape index (κ1) is 21.9. The van der Waals surface area contributed by atoms with E-state index < -0.39 is 10.0 Å². The number of ether oxygens (including phenoxy) is 1. The molecule has 2 saturated heterocycles. The Morgan fingerprint density at radius 2 is 1.62 bits per heavy atom. The minimum Gasteiger partial charge on any atom is -0.489 e. The van der Waals surface area contributed by atoms with Gasteiger partial charge in [0.1, 0.15) is 11.9 Å². The summed E-state index contributed by atoms with van der Waals surface area (Å²) in [6, 6.07) is 4.97. The fourth-order valence-electron chi connectivity index (χ4n) is 3.60. The van der Waals surface area contributed by atoms with Crippen molar-refractivity contribution in [1.82, 2.24) is 14.1 Å². The van der Waals surface area contributed by atoms with Crippen molar-refractivity contribution in [3.05, 3.63) is 28.8 Å². The quantitative estimate of drug-likeness (QED) is 0.702. The molecule has 1 aromatic rings. The minimum absolute atomic E-state index is 0.0176. The average molecular weight is 444 g/mol. The molecule has 0 aromatic heterocycles. The standard InChI is InChI=1S/C19H26ClN3O5S/c1-14(24)21-9-11-22(12-10-21)19(25)15-3-4-18(17(20)13-15)28-16-5-7-23(8-6-16)29(2,26)27/h3-4,13,16H,5-12H2,1-2H3. The molecule has 0 unspecified atom stereocenters. The molecular weight excluding hydrogens is 418 g/mol. The lowest BCUT2D eigenvalue weighted by Gasteiger charge is -2.34. The molecule has 0 spiro atoms. The van der Waals surface area contributed by atoms with Crippen molar-refractivity contribution in [1.29, 1.82) is 0 Å². The zero-order valence-electron chi connectivity index (χ0n) is 16.6. The molecule has 0 saturated carbocycles. The Kier molecular flexibility index (Phi) is 6.70. The van der Waals surface area contributed by atoms with Gasteiger partial charge in [0.15, 0.2) is 0 Å². The van der Waals surface area contributed by atoms with Crippen molar-refractivity contribution in [3.8, 4) is 5.75 Å². The van der Waals surface area contributed by atoms with Gasteiger partial charge in [-0.25, -0.2) is 12.7 Å². The van der Waals surface area contributed by atoms with Crippen LogP contribution in [0.25, 0.3) is 0 Å². The van der Waals surface area contributed by atoms with Crippen LogP contribution >= 0.6 is 11.6 Å². The van der Waals surface area contributed by atoms with Crippen molar-refractivity contribution in [2.24, 2.45) is 0 Å². The van der Waals surface area contributed by atoms with Crippen molar-refractivity contribution in [2.75, 3.05) is 45.5 Å². The highest BCUT2D eigenvalue weighted by atomic mass is 35.5. The molecule has 2 aliphatic heterocycles. The molecule has 0 radical (unpaired) electrons. The van der Waals surface area contributed by atoms with Crippen molar-refractivity contribution < 1.29 is 22.7 Å². The molecule has 0 aliphatic carbocycles. The van der Waals surface area contributed by atoms with Crippen LogP contribution in [0.15, 0.2) is 18.2 Å². The molecule has 2 aliphatic rings. The lowest BCUT2D eigenvalue weighted by atomic mass is 10.1. The summed E-state index contributed by atoms with van der Waals surface area (Å²) >= 11 is 6.34. The van der Waals surface area contributed by atoms with Crippen LogP contribution in [-0.4, -0.2) is 86.0 Å². The molecule has 29 heavy (non-hydrogen) atoms. The number of rotatable bonds is 4. The predicted octanol–water partition coefficient (Wildman–Crippen LogP) is 1.45. The normalized spacial score (nSPS) is 19.3. The zero-order chi connectivity index (χ0) is 21.2. The predicted molar refractivity (Wildman–Crippen MR) is 110 cm³/mol. The SMILES string of the molecule is CC(=O)N1CCN(C(=O)c2ccc(OC3CCN(S(C)(=O)=O)CC3)c(Cl)c2)CC1. The fourth-order valence-corrected chi connectivity index (χ4v) is 4.70. The van der Waals surface area contributed by atoms with Crippen LogP contribution in [0.2, 0.25) is 5.02 Å². The van der Waals surface area contributed by atoms with Gasteiger partial charge < -0.3 is 14.5 Å². The summed E-state index contributed by atoms with van der Waals surface area (Å²) in [6.45, 7) is 4.42. The maximum atomic E-state index is 12.7. The van der Waals surface area contributed by atoms with E-state index in [1.165, 1.54) is 17.5 Å². The summed E-state index contributed by atoms with van der Waals surface area (Å²) in [6.07, 6.45) is 2.27. The van der Waals surface area contributed by atoms with E-state index in [9.17, 15) is 18.0 Å². The van der Waals surface area contributed by atoms with E-state index in [1.54, 1.807) is 28.0 Å². The first-order valence-corrected chi connectivity index (χ1v) is 11.8. The van der Waals surface area contributed by atoms with E-state index in [2.05, 4.69) is 0 Å². The summed E-state index contributed by atoms with van der Waals surface area (Å²) < 4.78 is 30.6. The molecule has 2 fully saturated rings. The van der Waals surface area contributed by atoms with Crippen LogP contribution in [0, 0.1) is 0 Å². The Hall–Kier alpha value is -1.84. The largest absolute Gasteiger partial charge is 0.489 e. The average Bonchev–Trinajstić information content (AvgIpc) is 2.69. The molecule has 2 amide bonds.